The lowest BCUT2D eigenvalue weighted by Gasteiger charge is -2.36. The van der Waals surface area contributed by atoms with Gasteiger partial charge >= 0.3 is 0 Å². The van der Waals surface area contributed by atoms with E-state index in [1.165, 1.54) is 0 Å². The number of nitrogens with two attached hydrogens (primary N) is 1. The standard InChI is InChI=1S/C15H33N3O3/c1-6-17-15(3,14(16)19)12-13(2)18(9-11-21-5)8-7-10-20-4/h13,17H,6-12H2,1-5H3,(H2,16,19). The fraction of sp³-hybridized carbons (Fsp3) is 0.933. The number of nitrogens with one attached hydrogen (secondary N) is 1. The molecule has 6 heteroatoms. The normalized spacial score (nSPS) is 15.9. The largest absolute Gasteiger partial charge is 0.385 e. The zero-order valence-electron chi connectivity index (χ0n) is 14.3. The first-order chi connectivity index (χ1) is 9.91. The van der Waals surface area contributed by atoms with Crippen LogP contribution in [0.1, 0.15) is 33.6 Å². The number of carbonyl (C=O) groups excluding carboxylic acids is 1. The van der Waals surface area contributed by atoms with Gasteiger partial charge < -0.3 is 20.5 Å². The monoisotopic (exact) mass is 303 g/mol. The van der Waals surface area contributed by atoms with Crippen molar-refractivity contribution in [2.45, 2.75) is 45.2 Å². The number of amides is 1. The first kappa shape index (κ1) is 20.3. The van der Waals surface area contributed by atoms with Crippen LogP contribution >= 0.6 is 0 Å². The van der Waals surface area contributed by atoms with Crippen molar-refractivity contribution in [1.29, 1.82) is 0 Å². The number of primary amides is 1. The minimum Gasteiger partial charge on any atom is -0.385 e. The molecule has 0 fully saturated rings. The van der Waals surface area contributed by atoms with Crippen molar-refractivity contribution < 1.29 is 14.3 Å². The Morgan fingerprint density at radius 1 is 1.29 bits per heavy atom. The van der Waals surface area contributed by atoms with Gasteiger partial charge in [-0.25, -0.2) is 0 Å². The average Bonchev–Trinajstić information content (AvgIpc) is 2.42. The van der Waals surface area contributed by atoms with E-state index in [1.807, 2.05) is 13.8 Å². The Balaban J connectivity index is 4.66. The lowest BCUT2D eigenvalue weighted by atomic mass is 9.92. The molecular formula is C15H33N3O3. The van der Waals surface area contributed by atoms with Crippen LogP contribution in [-0.4, -0.2) is 69.5 Å². The van der Waals surface area contributed by atoms with Crippen LogP contribution in [0.15, 0.2) is 0 Å². The highest BCUT2D eigenvalue weighted by Crippen LogP contribution is 2.16. The fourth-order valence-corrected chi connectivity index (χ4v) is 2.54. The Kier molecular flexibility index (Phi) is 10.6. The molecular weight excluding hydrogens is 270 g/mol. The Bertz CT molecular complexity index is 289. The zero-order valence-corrected chi connectivity index (χ0v) is 14.3. The molecule has 2 atom stereocenters. The average molecular weight is 303 g/mol. The van der Waals surface area contributed by atoms with Crippen molar-refractivity contribution in [2.75, 3.05) is 47.1 Å². The van der Waals surface area contributed by atoms with E-state index in [2.05, 4.69) is 17.1 Å². The van der Waals surface area contributed by atoms with E-state index in [9.17, 15) is 4.79 Å². The molecule has 0 heterocycles. The zero-order chi connectivity index (χ0) is 16.3. The summed E-state index contributed by atoms with van der Waals surface area (Å²) < 4.78 is 10.3. The first-order valence-corrected chi connectivity index (χ1v) is 7.68. The van der Waals surface area contributed by atoms with Gasteiger partial charge in [0.15, 0.2) is 0 Å². The molecule has 0 aromatic heterocycles. The van der Waals surface area contributed by atoms with Crippen molar-refractivity contribution in [3.8, 4) is 0 Å². The van der Waals surface area contributed by atoms with Gasteiger partial charge in [-0.1, -0.05) is 6.92 Å². The van der Waals surface area contributed by atoms with Crippen molar-refractivity contribution in [3.05, 3.63) is 0 Å². The molecule has 0 saturated heterocycles. The third-order valence-corrected chi connectivity index (χ3v) is 3.81. The smallest absolute Gasteiger partial charge is 0.237 e. The number of likely N-dealkylation sites (N-methyl/N-ethyl adjacent to an activating group) is 1. The molecule has 0 aliphatic rings. The van der Waals surface area contributed by atoms with Crippen LogP contribution in [0, 0.1) is 0 Å². The summed E-state index contributed by atoms with van der Waals surface area (Å²) in [5.74, 6) is -0.306. The summed E-state index contributed by atoms with van der Waals surface area (Å²) >= 11 is 0. The highest BCUT2D eigenvalue weighted by atomic mass is 16.5. The van der Waals surface area contributed by atoms with Crippen molar-refractivity contribution in [3.63, 3.8) is 0 Å². The number of methoxy groups -OCH3 is 2. The summed E-state index contributed by atoms with van der Waals surface area (Å²) in [5, 5.41) is 3.21. The van der Waals surface area contributed by atoms with E-state index in [0.717, 1.165) is 26.1 Å². The number of hydrogen-bond acceptors (Lipinski definition) is 5. The van der Waals surface area contributed by atoms with E-state index in [-0.39, 0.29) is 11.9 Å². The Morgan fingerprint density at radius 2 is 1.90 bits per heavy atom. The molecule has 0 aromatic rings. The summed E-state index contributed by atoms with van der Waals surface area (Å²) in [6, 6.07) is 0.230. The highest BCUT2D eigenvalue weighted by molar-refractivity contribution is 5.84. The lowest BCUT2D eigenvalue weighted by Crippen LogP contribution is -2.56. The third kappa shape index (κ3) is 7.76. The van der Waals surface area contributed by atoms with Crippen LogP contribution in [0.3, 0.4) is 0 Å². The van der Waals surface area contributed by atoms with Gasteiger partial charge in [0.25, 0.3) is 0 Å². The minimum atomic E-state index is -0.680. The summed E-state index contributed by atoms with van der Waals surface area (Å²) in [4.78, 5) is 14.1. The van der Waals surface area contributed by atoms with Gasteiger partial charge in [0, 0.05) is 40.0 Å². The quantitative estimate of drug-likeness (QED) is 0.487. The Morgan fingerprint density at radius 3 is 2.38 bits per heavy atom. The molecule has 0 spiro atoms. The van der Waals surface area contributed by atoms with Crippen molar-refractivity contribution in [2.24, 2.45) is 5.73 Å². The van der Waals surface area contributed by atoms with Crippen LogP contribution in [0.4, 0.5) is 0 Å². The molecule has 6 nitrogen and oxygen atoms in total. The van der Waals surface area contributed by atoms with E-state index < -0.39 is 5.54 Å². The number of hydrogen-bond donors (Lipinski definition) is 2. The molecule has 0 aliphatic heterocycles. The van der Waals surface area contributed by atoms with Crippen LogP contribution in [-0.2, 0) is 14.3 Å². The maximum atomic E-state index is 11.7. The van der Waals surface area contributed by atoms with Crippen LogP contribution in [0.2, 0.25) is 0 Å². The molecule has 0 rings (SSSR count). The SMILES string of the molecule is CCNC(C)(CC(C)N(CCCOC)CCOC)C(N)=O. The van der Waals surface area contributed by atoms with E-state index >= 15 is 0 Å². The second kappa shape index (κ2) is 11.0. The number of carbonyl (C=O) groups is 1. The second-order valence-electron chi connectivity index (χ2n) is 5.65. The molecule has 2 unspecified atom stereocenters. The highest BCUT2D eigenvalue weighted by Gasteiger charge is 2.33. The summed E-state index contributed by atoms with van der Waals surface area (Å²) in [6.45, 7) is 9.85. The van der Waals surface area contributed by atoms with Gasteiger partial charge in [-0.2, -0.15) is 0 Å². The summed E-state index contributed by atoms with van der Waals surface area (Å²) in [7, 11) is 3.41. The summed E-state index contributed by atoms with van der Waals surface area (Å²) in [6.07, 6.45) is 1.63. The molecule has 0 saturated carbocycles. The minimum absolute atomic E-state index is 0.230. The van der Waals surface area contributed by atoms with Gasteiger partial charge in [0.05, 0.1) is 12.1 Å². The van der Waals surface area contributed by atoms with Crippen molar-refractivity contribution >= 4 is 5.91 Å². The maximum Gasteiger partial charge on any atom is 0.237 e. The van der Waals surface area contributed by atoms with Crippen LogP contribution in [0.25, 0.3) is 0 Å². The van der Waals surface area contributed by atoms with Gasteiger partial charge in [-0.3, -0.25) is 9.69 Å². The Labute approximate surface area is 129 Å². The Hall–Kier alpha value is -0.690. The molecule has 1 amide bonds. The second-order valence-corrected chi connectivity index (χ2v) is 5.65. The van der Waals surface area contributed by atoms with E-state index in [1.54, 1.807) is 14.2 Å². The first-order valence-electron chi connectivity index (χ1n) is 7.68. The van der Waals surface area contributed by atoms with Crippen molar-refractivity contribution in [1.82, 2.24) is 10.2 Å². The molecule has 0 aliphatic carbocycles. The third-order valence-electron chi connectivity index (χ3n) is 3.81. The number of rotatable bonds is 13. The van der Waals surface area contributed by atoms with E-state index in [4.69, 9.17) is 15.2 Å². The summed E-state index contributed by atoms with van der Waals surface area (Å²) in [5.41, 5.74) is 4.88. The predicted molar refractivity (Wildman–Crippen MR) is 85.3 cm³/mol. The van der Waals surface area contributed by atoms with Gasteiger partial charge in [-0.05, 0) is 33.2 Å². The molecule has 21 heavy (non-hydrogen) atoms. The van der Waals surface area contributed by atoms with Crippen LogP contribution in [0.5, 0.6) is 0 Å². The molecule has 3 N–H and O–H groups in total. The van der Waals surface area contributed by atoms with Gasteiger partial charge in [0.1, 0.15) is 0 Å². The van der Waals surface area contributed by atoms with Gasteiger partial charge in [-0.15, -0.1) is 0 Å². The lowest BCUT2D eigenvalue weighted by molar-refractivity contribution is -0.124. The molecule has 0 aromatic carbocycles. The van der Waals surface area contributed by atoms with Gasteiger partial charge in [0.2, 0.25) is 5.91 Å². The molecule has 126 valence electrons. The molecule has 0 radical (unpaired) electrons. The number of nitrogens with zero attached hydrogens (tertiary/aromatic N) is 1. The predicted octanol–water partition coefficient (Wildman–Crippen LogP) is 0.603. The topological polar surface area (TPSA) is 76.8 Å². The molecule has 0 bridgehead atoms. The number of ether oxygens (including phenoxy) is 2. The maximum absolute atomic E-state index is 11.7. The van der Waals surface area contributed by atoms with E-state index in [0.29, 0.717) is 19.6 Å². The van der Waals surface area contributed by atoms with Crippen LogP contribution < -0.4 is 11.1 Å². The fourth-order valence-electron chi connectivity index (χ4n) is 2.54.